The summed E-state index contributed by atoms with van der Waals surface area (Å²) in [5.74, 6) is -1.79. The number of aliphatic carboxylic acids is 1. The molecule has 0 aliphatic carbocycles. The first-order valence-corrected chi connectivity index (χ1v) is 23.0. The Bertz CT molecular complexity index is 1180. The third-order valence-electron chi connectivity index (χ3n) is 9.83. The summed E-state index contributed by atoms with van der Waals surface area (Å²) in [7, 11) is 5.39. The molecule has 332 valence electrons. The number of likely N-dealkylation sites (N-methyl/N-ethyl adjacent to an activating group) is 1. The number of unbranched alkanes of at least 4 members (excludes halogenated alkanes) is 14. The highest BCUT2D eigenvalue weighted by molar-refractivity contribution is 5.70. The third kappa shape index (κ3) is 38.3. The molecule has 0 spiro atoms. The number of carboxylic acid groups (broad SMARTS) is 1. The molecule has 0 aliphatic heterocycles. The summed E-state index contributed by atoms with van der Waals surface area (Å²) in [5, 5.41) is 11.6. The van der Waals surface area contributed by atoms with E-state index in [1.165, 1.54) is 44.9 Å². The summed E-state index contributed by atoms with van der Waals surface area (Å²) >= 11 is 0. The van der Waals surface area contributed by atoms with Crippen molar-refractivity contribution in [2.75, 3.05) is 41.0 Å². The van der Waals surface area contributed by atoms with Crippen LogP contribution in [0, 0.1) is 0 Å². The van der Waals surface area contributed by atoms with Crippen molar-refractivity contribution in [1.29, 1.82) is 0 Å². The number of quaternary nitrogens is 1. The van der Waals surface area contributed by atoms with Gasteiger partial charge in [0.2, 0.25) is 0 Å². The molecule has 0 saturated heterocycles. The van der Waals surface area contributed by atoms with E-state index < -0.39 is 18.1 Å². The second kappa shape index (κ2) is 40.5. The molecule has 2 atom stereocenters. The number of esters is 2. The van der Waals surface area contributed by atoms with E-state index in [-0.39, 0.29) is 42.7 Å². The van der Waals surface area contributed by atoms with Gasteiger partial charge in [-0.3, -0.25) is 9.59 Å². The first-order valence-electron chi connectivity index (χ1n) is 23.0. The van der Waals surface area contributed by atoms with Gasteiger partial charge in [0.15, 0.2) is 6.10 Å². The molecule has 0 N–H and O–H groups in total. The first-order chi connectivity index (χ1) is 28.1. The second-order valence-electron chi connectivity index (χ2n) is 16.3. The maximum atomic E-state index is 12.7. The zero-order valence-corrected chi connectivity index (χ0v) is 37.7. The van der Waals surface area contributed by atoms with Gasteiger partial charge in [0, 0.05) is 19.3 Å². The van der Waals surface area contributed by atoms with E-state index in [0.29, 0.717) is 12.8 Å². The van der Waals surface area contributed by atoms with Crippen molar-refractivity contribution >= 4 is 17.9 Å². The summed E-state index contributed by atoms with van der Waals surface area (Å²) in [6, 6.07) is -0.735. The molecule has 0 aromatic heterocycles. The fourth-order valence-corrected chi connectivity index (χ4v) is 6.27. The molecular weight excluding hydrogens is 727 g/mol. The summed E-state index contributed by atoms with van der Waals surface area (Å²) < 4.78 is 17.1. The van der Waals surface area contributed by atoms with Gasteiger partial charge >= 0.3 is 11.9 Å². The van der Waals surface area contributed by atoms with Gasteiger partial charge in [-0.05, 0) is 83.5 Å². The van der Waals surface area contributed by atoms with Crippen molar-refractivity contribution in [3.8, 4) is 0 Å². The van der Waals surface area contributed by atoms with Crippen molar-refractivity contribution in [1.82, 2.24) is 0 Å². The Balaban J connectivity index is 4.39. The lowest BCUT2D eigenvalue weighted by Crippen LogP contribution is -2.55. The van der Waals surface area contributed by atoms with Crippen LogP contribution >= 0.6 is 0 Å². The van der Waals surface area contributed by atoms with Gasteiger partial charge in [-0.25, -0.2) is 0 Å². The zero-order valence-electron chi connectivity index (χ0n) is 37.7. The monoisotopic (exact) mass is 812 g/mol. The molecule has 0 heterocycles. The molecule has 0 saturated carbocycles. The van der Waals surface area contributed by atoms with Gasteiger partial charge < -0.3 is 28.6 Å². The molecule has 0 amide bonds. The first kappa shape index (κ1) is 54.8. The minimum atomic E-state index is -1.13. The van der Waals surface area contributed by atoms with Crippen LogP contribution in [0.5, 0.6) is 0 Å². The summed E-state index contributed by atoms with van der Waals surface area (Å²) in [5.41, 5.74) is 0. The van der Waals surface area contributed by atoms with Gasteiger partial charge in [-0.2, -0.15) is 0 Å². The smallest absolute Gasteiger partial charge is 0.306 e. The maximum Gasteiger partial charge on any atom is 0.306 e. The number of hydrogen-bond donors (Lipinski definition) is 0. The molecule has 8 nitrogen and oxygen atoms in total. The molecule has 0 aromatic carbocycles. The minimum absolute atomic E-state index is 0.0231. The van der Waals surface area contributed by atoms with E-state index in [9.17, 15) is 19.5 Å². The molecule has 0 aromatic rings. The van der Waals surface area contributed by atoms with Gasteiger partial charge in [0.1, 0.15) is 12.6 Å². The quantitative estimate of drug-likeness (QED) is 0.0263. The zero-order chi connectivity index (χ0) is 42.8. The van der Waals surface area contributed by atoms with Gasteiger partial charge in [-0.15, -0.1) is 0 Å². The van der Waals surface area contributed by atoms with E-state index in [1.54, 1.807) is 21.1 Å². The van der Waals surface area contributed by atoms with Crippen molar-refractivity contribution in [2.24, 2.45) is 0 Å². The standard InChI is InChI=1S/C50H85NO7/c1-6-8-10-12-14-16-18-20-22-23-24-25-26-27-29-30-32-34-36-38-40-48(52)57-45-46(44-56-43-42-47(50(54)55)51(3,4)5)58-49(53)41-39-37-35-33-31-28-21-19-17-15-13-11-9-7-2/h8,10,14,16,20,22,24-25,27-29,31,46-47H,6-7,9,11-13,15,17-19,21,23,26,30,32-45H2,1-5H3/b10-8+,16-14+,22-20+,25-24+,29-27+,31-28+. The van der Waals surface area contributed by atoms with Gasteiger partial charge in [0.25, 0.3) is 0 Å². The number of carboxylic acids is 1. The Morgan fingerprint density at radius 2 is 0.966 bits per heavy atom. The van der Waals surface area contributed by atoms with Crippen LogP contribution in [0.25, 0.3) is 0 Å². The van der Waals surface area contributed by atoms with Crippen molar-refractivity contribution in [2.45, 2.75) is 187 Å². The lowest BCUT2D eigenvalue weighted by atomic mass is 10.1. The fourth-order valence-electron chi connectivity index (χ4n) is 6.27. The fraction of sp³-hybridized carbons (Fsp3) is 0.700. The van der Waals surface area contributed by atoms with E-state index in [1.807, 2.05) is 0 Å². The van der Waals surface area contributed by atoms with Crippen LogP contribution in [-0.2, 0) is 28.6 Å². The van der Waals surface area contributed by atoms with Crippen LogP contribution < -0.4 is 5.11 Å². The molecular formula is C50H85NO7. The summed E-state index contributed by atoms with van der Waals surface area (Å²) in [4.78, 5) is 36.9. The van der Waals surface area contributed by atoms with Crippen molar-refractivity contribution in [3.05, 3.63) is 72.9 Å². The van der Waals surface area contributed by atoms with Crippen molar-refractivity contribution < 1.29 is 38.2 Å². The van der Waals surface area contributed by atoms with Crippen LogP contribution in [0.3, 0.4) is 0 Å². The summed E-state index contributed by atoms with van der Waals surface area (Å²) in [6.07, 6.45) is 50.7. The SMILES string of the molecule is CC/C=C/C/C=C/C/C=C/C/C=C/C/C=C/CCCCCCC(=O)OCC(COCCC(C(=O)[O-])[N+](C)(C)C)OC(=O)CCCCC/C=C/CCCCCCCCC. The molecule has 58 heavy (non-hydrogen) atoms. The molecule has 8 heteroatoms. The average molecular weight is 812 g/mol. The Kier molecular flexibility index (Phi) is 38.3. The van der Waals surface area contributed by atoms with Crippen LogP contribution in [0.15, 0.2) is 72.9 Å². The molecule has 0 rings (SSSR count). The topological polar surface area (TPSA) is 102 Å². The second-order valence-corrected chi connectivity index (χ2v) is 16.3. The lowest BCUT2D eigenvalue weighted by molar-refractivity contribution is -0.889. The third-order valence-corrected chi connectivity index (χ3v) is 9.83. The number of ether oxygens (including phenoxy) is 3. The van der Waals surface area contributed by atoms with Gasteiger partial charge in [0.05, 0.1) is 40.3 Å². The largest absolute Gasteiger partial charge is 0.544 e. The van der Waals surface area contributed by atoms with Crippen LogP contribution in [0.2, 0.25) is 0 Å². The predicted octanol–water partition coefficient (Wildman–Crippen LogP) is 11.4. The van der Waals surface area contributed by atoms with Gasteiger partial charge in [-0.1, -0.05) is 145 Å². The molecule has 0 aliphatic rings. The summed E-state index contributed by atoms with van der Waals surface area (Å²) in [6.45, 7) is 4.49. The number of carbonyl (C=O) groups is 3. The molecule has 0 radical (unpaired) electrons. The number of carbonyl (C=O) groups excluding carboxylic acids is 3. The maximum absolute atomic E-state index is 12.7. The molecule has 0 bridgehead atoms. The normalized spacial score (nSPS) is 13.6. The van der Waals surface area contributed by atoms with Crippen molar-refractivity contribution in [3.63, 3.8) is 0 Å². The molecule has 2 unspecified atom stereocenters. The van der Waals surface area contributed by atoms with Crippen LogP contribution in [0.4, 0.5) is 0 Å². The number of nitrogens with zero attached hydrogens (tertiary/aromatic N) is 1. The Labute approximate surface area is 355 Å². The van der Waals surface area contributed by atoms with E-state index in [2.05, 4.69) is 86.8 Å². The van der Waals surface area contributed by atoms with E-state index >= 15 is 0 Å². The highest BCUT2D eigenvalue weighted by Gasteiger charge is 2.25. The number of allylic oxidation sites excluding steroid dienone is 12. The predicted molar refractivity (Wildman–Crippen MR) is 240 cm³/mol. The lowest BCUT2D eigenvalue weighted by Gasteiger charge is -2.34. The average Bonchev–Trinajstić information content (AvgIpc) is 3.18. The van der Waals surface area contributed by atoms with E-state index in [0.717, 1.165) is 96.3 Å². The number of hydrogen-bond acceptors (Lipinski definition) is 7. The van der Waals surface area contributed by atoms with Crippen LogP contribution in [0.1, 0.15) is 174 Å². The highest BCUT2D eigenvalue weighted by Crippen LogP contribution is 2.13. The van der Waals surface area contributed by atoms with E-state index in [4.69, 9.17) is 14.2 Å². The number of rotatable bonds is 40. The minimum Gasteiger partial charge on any atom is -0.544 e. The highest BCUT2D eigenvalue weighted by atomic mass is 16.6. The Morgan fingerprint density at radius 3 is 1.47 bits per heavy atom. The molecule has 0 fully saturated rings. The Hall–Kier alpha value is -3.23. The Morgan fingerprint density at radius 1 is 0.534 bits per heavy atom. The van der Waals surface area contributed by atoms with Crippen LogP contribution in [-0.4, -0.2) is 75.5 Å².